The number of aromatic nitrogens is 2. The molecule has 1 amide bonds. The van der Waals surface area contributed by atoms with E-state index in [0.29, 0.717) is 16.8 Å². The van der Waals surface area contributed by atoms with Crippen LogP contribution < -0.4 is 5.32 Å². The van der Waals surface area contributed by atoms with Crippen LogP contribution in [0, 0.1) is 0 Å². The van der Waals surface area contributed by atoms with Gasteiger partial charge in [-0.15, -0.1) is 0 Å². The number of ether oxygens (including phenoxy) is 1. The molecule has 0 radical (unpaired) electrons. The maximum Gasteiger partial charge on any atom is 0.339 e. The van der Waals surface area contributed by atoms with Crippen molar-refractivity contribution in [3.05, 3.63) is 42.1 Å². The second kappa shape index (κ2) is 8.27. The van der Waals surface area contributed by atoms with E-state index in [0.717, 1.165) is 25.7 Å². The number of amides is 1. The molecule has 0 aliphatic heterocycles. The first-order valence-corrected chi connectivity index (χ1v) is 10.0. The van der Waals surface area contributed by atoms with Crippen molar-refractivity contribution in [3.63, 3.8) is 0 Å². The Morgan fingerprint density at radius 3 is 2.73 bits per heavy atom. The van der Waals surface area contributed by atoms with Crippen LogP contribution >= 0.6 is 0 Å². The first kappa shape index (κ1) is 18.3. The van der Waals surface area contributed by atoms with Gasteiger partial charge >= 0.3 is 5.97 Å². The van der Waals surface area contributed by atoms with Crippen molar-refractivity contribution in [2.45, 2.75) is 36.6 Å². The van der Waals surface area contributed by atoms with Gasteiger partial charge in [0.05, 0.1) is 33.5 Å². The molecule has 1 atom stereocenters. The fourth-order valence-corrected chi connectivity index (χ4v) is 3.86. The van der Waals surface area contributed by atoms with Crippen molar-refractivity contribution < 1.29 is 18.5 Å². The second-order valence-electron chi connectivity index (χ2n) is 6.17. The van der Waals surface area contributed by atoms with Crippen LogP contribution in [0.25, 0.3) is 0 Å². The van der Waals surface area contributed by atoms with Crippen LogP contribution in [0.1, 0.15) is 42.1 Å². The molecule has 1 aliphatic rings. The predicted molar refractivity (Wildman–Crippen MR) is 97.4 cm³/mol. The molecule has 3 rings (SSSR count). The summed E-state index contributed by atoms with van der Waals surface area (Å²) < 4.78 is 18.6. The maximum absolute atomic E-state index is 12.2. The Hall–Kier alpha value is -2.48. The summed E-state index contributed by atoms with van der Waals surface area (Å²) in [6.07, 6.45) is 7.55. The summed E-state index contributed by atoms with van der Waals surface area (Å²) in [5.74, 6) is -0.503. The van der Waals surface area contributed by atoms with Crippen molar-refractivity contribution in [2.24, 2.45) is 0 Å². The molecule has 1 saturated carbocycles. The van der Waals surface area contributed by atoms with Crippen molar-refractivity contribution in [3.8, 4) is 0 Å². The average Bonchev–Trinajstić information content (AvgIpc) is 3.31. The number of hydrogen-bond acceptors (Lipinski definition) is 5. The number of carbonyl (C=O) groups is 2. The molecule has 8 heteroatoms. The number of nitrogens with one attached hydrogen (secondary N) is 1. The summed E-state index contributed by atoms with van der Waals surface area (Å²) in [5, 5.41) is 7.02. The van der Waals surface area contributed by atoms with Crippen LogP contribution in [0.2, 0.25) is 0 Å². The lowest BCUT2D eigenvalue weighted by Crippen LogP contribution is -2.23. The Bertz CT molecular complexity index is 827. The van der Waals surface area contributed by atoms with Gasteiger partial charge in [-0.3, -0.25) is 9.00 Å². The topological polar surface area (TPSA) is 90.3 Å². The molecule has 0 saturated heterocycles. The zero-order chi connectivity index (χ0) is 18.5. The predicted octanol–water partition coefficient (Wildman–Crippen LogP) is 2.53. The zero-order valence-electron chi connectivity index (χ0n) is 14.5. The van der Waals surface area contributed by atoms with E-state index in [1.807, 2.05) is 4.68 Å². The molecule has 26 heavy (non-hydrogen) atoms. The lowest BCUT2D eigenvalue weighted by molar-refractivity contribution is -0.119. The molecule has 1 N–H and O–H groups in total. The minimum absolute atomic E-state index is 0.206. The van der Waals surface area contributed by atoms with E-state index >= 15 is 0 Å². The highest BCUT2D eigenvalue weighted by molar-refractivity contribution is 7.84. The second-order valence-corrected chi connectivity index (χ2v) is 7.52. The van der Waals surface area contributed by atoms with E-state index < -0.39 is 29.3 Å². The first-order chi connectivity index (χ1) is 12.6. The average molecular weight is 375 g/mol. The van der Waals surface area contributed by atoms with Gasteiger partial charge in [-0.05, 0) is 25.0 Å². The molecule has 1 fully saturated rings. The van der Waals surface area contributed by atoms with Crippen LogP contribution in [0.5, 0.6) is 0 Å². The molecule has 0 spiro atoms. The molecule has 7 nitrogen and oxygen atoms in total. The van der Waals surface area contributed by atoms with Crippen molar-refractivity contribution in [2.75, 3.05) is 18.2 Å². The van der Waals surface area contributed by atoms with Crippen molar-refractivity contribution in [1.29, 1.82) is 0 Å². The molecule has 1 heterocycles. The minimum Gasteiger partial charge on any atom is -0.452 e. The smallest absolute Gasteiger partial charge is 0.339 e. The van der Waals surface area contributed by atoms with E-state index in [-0.39, 0.29) is 5.56 Å². The SMILES string of the molecule is C[S@](=O)c1ccccc1C(=O)OCC(=O)Nc1ccnn1C1CCCC1. The Labute approximate surface area is 154 Å². The molecular weight excluding hydrogens is 354 g/mol. The molecule has 1 aromatic carbocycles. The Morgan fingerprint density at radius 2 is 2.00 bits per heavy atom. The van der Waals surface area contributed by atoms with Gasteiger partial charge in [0.15, 0.2) is 6.61 Å². The molecular formula is C18H21N3O4S. The lowest BCUT2D eigenvalue weighted by atomic mass is 10.2. The van der Waals surface area contributed by atoms with E-state index in [4.69, 9.17) is 4.74 Å². The Balaban J connectivity index is 1.59. The van der Waals surface area contributed by atoms with Crippen LogP contribution in [0.15, 0.2) is 41.4 Å². The quantitative estimate of drug-likeness (QED) is 0.784. The highest BCUT2D eigenvalue weighted by atomic mass is 32.2. The van der Waals surface area contributed by atoms with E-state index in [1.165, 1.54) is 12.3 Å². The normalized spacial score (nSPS) is 15.6. The number of nitrogens with zero attached hydrogens (tertiary/aromatic N) is 2. The van der Waals surface area contributed by atoms with Crippen LogP contribution in [-0.4, -0.2) is 38.7 Å². The molecule has 0 unspecified atom stereocenters. The molecule has 138 valence electrons. The molecule has 1 aromatic heterocycles. The highest BCUT2D eigenvalue weighted by Crippen LogP contribution is 2.31. The van der Waals surface area contributed by atoms with Crippen LogP contribution in [0.3, 0.4) is 0 Å². The number of rotatable bonds is 6. The fraction of sp³-hybridized carbons (Fsp3) is 0.389. The van der Waals surface area contributed by atoms with Crippen molar-refractivity contribution in [1.82, 2.24) is 9.78 Å². The third-order valence-electron chi connectivity index (χ3n) is 4.36. The summed E-state index contributed by atoms with van der Waals surface area (Å²) in [6, 6.07) is 8.53. The Kier molecular flexibility index (Phi) is 5.82. The summed E-state index contributed by atoms with van der Waals surface area (Å²) >= 11 is 0. The minimum atomic E-state index is -1.32. The van der Waals surface area contributed by atoms with Crippen molar-refractivity contribution >= 4 is 28.5 Å². The Morgan fingerprint density at radius 1 is 1.27 bits per heavy atom. The zero-order valence-corrected chi connectivity index (χ0v) is 15.3. The van der Waals surface area contributed by atoms with Crippen LogP contribution in [0.4, 0.5) is 5.82 Å². The van der Waals surface area contributed by atoms with Gasteiger partial charge in [0, 0.05) is 12.3 Å². The monoisotopic (exact) mass is 375 g/mol. The number of benzene rings is 1. The fourth-order valence-electron chi connectivity index (χ4n) is 3.13. The third-order valence-corrected chi connectivity index (χ3v) is 5.33. The first-order valence-electron chi connectivity index (χ1n) is 8.49. The van der Waals surface area contributed by atoms with E-state index in [1.54, 1.807) is 30.5 Å². The van der Waals surface area contributed by atoms with Gasteiger partial charge in [-0.25, -0.2) is 9.48 Å². The summed E-state index contributed by atoms with van der Waals surface area (Å²) in [7, 11) is -1.32. The van der Waals surface area contributed by atoms with E-state index in [2.05, 4.69) is 10.4 Å². The number of carbonyl (C=O) groups excluding carboxylic acids is 2. The standard InChI is InChI=1S/C18H21N3O4S/c1-26(24)15-9-5-4-8-14(15)18(23)25-12-17(22)20-16-10-11-19-21(16)13-6-2-3-7-13/h4-5,8-11,13H,2-3,6-7,12H2,1H3,(H,20,22)/t26-/m0/s1. The summed E-state index contributed by atoms with van der Waals surface area (Å²) in [6.45, 7) is -0.417. The van der Waals surface area contributed by atoms with Gasteiger partial charge < -0.3 is 10.1 Å². The van der Waals surface area contributed by atoms with Gasteiger partial charge in [-0.1, -0.05) is 25.0 Å². The van der Waals surface area contributed by atoms with Gasteiger partial charge in [-0.2, -0.15) is 5.10 Å². The molecule has 0 bridgehead atoms. The molecule has 2 aromatic rings. The summed E-state index contributed by atoms with van der Waals surface area (Å²) in [5.41, 5.74) is 0.206. The number of esters is 1. The highest BCUT2D eigenvalue weighted by Gasteiger charge is 2.21. The number of hydrogen-bond donors (Lipinski definition) is 1. The van der Waals surface area contributed by atoms with Gasteiger partial charge in [0.2, 0.25) is 0 Å². The third kappa shape index (κ3) is 4.19. The van der Waals surface area contributed by atoms with Gasteiger partial charge in [0.25, 0.3) is 5.91 Å². The van der Waals surface area contributed by atoms with Crippen LogP contribution in [-0.2, 0) is 20.3 Å². The van der Waals surface area contributed by atoms with E-state index in [9.17, 15) is 13.8 Å². The molecule has 1 aliphatic carbocycles. The van der Waals surface area contributed by atoms with Gasteiger partial charge in [0.1, 0.15) is 5.82 Å². The maximum atomic E-state index is 12.2. The largest absolute Gasteiger partial charge is 0.452 e. The lowest BCUT2D eigenvalue weighted by Gasteiger charge is -2.14. The summed E-state index contributed by atoms with van der Waals surface area (Å²) in [4.78, 5) is 24.7. The number of anilines is 1.